The highest BCUT2D eigenvalue weighted by molar-refractivity contribution is 7.80. The highest BCUT2D eigenvalue weighted by atomic mass is 32.1. The lowest BCUT2D eigenvalue weighted by molar-refractivity contribution is 0.111. The molecule has 1 fully saturated rings. The van der Waals surface area contributed by atoms with Crippen LogP contribution in [0.3, 0.4) is 0 Å². The van der Waals surface area contributed by atoms with Gasteiger partial charge in [-0.1, -0.05) is 32.0 Å². The number of rotatable bonds is 4. The van der Waals surface area contributed by atoms with Gasteiger partial charge in [0.15, 0.2) is 0 Å². The fourth-order valence-corrected chi connectivity index (χ4v) is 2.69. The zero-order valence-corrected chi connectivity index (χ0v) is 12.4. The van der Waals surface area contributed by atoms with Gasteiger partial charge in [0.05, 0.1) is 0 Å². The molecular weight excluding hydrogens is 258 g/mol. The fourth-order valence-electron chi connectivity index (χ4n) is 2.59. The largest absolute Gasteiger partial charge is 0.460 e. The molecule has 19 heavy (non-hydrogen) atoms. The molecule has 5 heteroatoms. The molecule has 2 unspecified atom stereocenters. The van der Waals surface area contributed by atoms with Gasteiger partial charge in [0, 0.05) is 5.69 Å². The highest BCUT2D eigenvalue weighted by Crippen LogP contribution is 2.28. The average molecular weight is 279 g/mol. The van der Waals surface area contributed by atoms with E-state index < -0.39 is 0 Å². The molecule has 0 spiro atoms. The van der Waals surface area contributed by atoms with E-state index >= 15 is 0 Å². The van der Waals surface area contributed by atoms with Crippen LogP contribution in [0.2, 0.25) is 0 Å². The van der Waals surface area contributed by atoms with Gasteiger partial charge < -0.3 is 10.5 Å². The van der Waals surface area contributed by atoms with E-state index in [1.165, 1.54) is 19.3 Å². The van der Waals surface area contributed by atoms with Crippen LogP contribution in [-0.4, -0.2) is 21.1 Å². The third kappa shape index (κ3) is 3.86. The number of nitrogens with two attached hydrogens (primary N) is 1. The van der Waals surface area contributed by atoms with Crippen LogP contribution >= 0.6 is 12.2 Å². The van der Waals surface area contributed by atoms with Crippen molar-refractivity contribution in [3.8, 4) is 6.01 Å². The lowest BCUT2D eigenvalue weighted by atomic mass is 9.85. The van der Waals surface area contributed by atoms with Gasteiger partial charge in [-0.25, -0.2) is 4.98 Å². The van der Waals surface area contributed by atoms with Crippen LogP contribution in [0.1, 0.15) is 50.4 Å². The Bertz CT molecular complexity index is 464. The Hall–Kier alpha value is -1.23. The molecular formula is C14H21N3OS. The van der Waals surface area contributed by atoms with E-state index in [9.17, 15) is 0 Å². The standard InChI is InChI=1S/C14H21N3OS/c1-3-10-5-4-6-11(8-10)18-14-16-9(2)7-12(17-14)13(15)19/h7,10-11H,3-6,8H2,1-2H3,(H2,15,19). The lowest BCUT2D eigenvalue weighted by Crippen LogP contribution is -2.26. The summed E-state index contributed by atoms with van der Waals surface area (Å²) < 4.78 is 5.92. The number of ether oxygens (including phenoxy) is 1. The van der Waals surface area contributed by atoms with Gasteiger partial charge in [0.1, 0.15) is 16.8 Å². The van der Waals surface area contributed by atoms with Gasteiger partial charge in [0.2, 0.25) is 0 Å². The maximum Gasteiger partial charge on any atom is 0.317 e. The van der Waals surface area contributed by atoms with Crippen molar-refractivity contribution >= 4 is 17.2 Å². The van der Waals surface area contributed by atoms with E-state index in [-0.39, 0.29) is 11.1 Å². The second-order valence-corrected chi connectivity index (χ2v) is 5.66. The van der Waals surface area contributed by atoms with Crippen LogP contribution in [0, 0.1) is 12.8 Å². The summed E-state index contributed by atoms with van der Waals surface area (Å²) in [6.45, 7) is 4.13. The predicted molar refractivity (Wildman–Crippen MR) is 79.3 cm³/mol. The average Bonchev–Trinajstić information content (AvgIpc) is 2.38. The van der Waals surface area contributed by atoms with Gasteiger partial charge >= 0.3 is 6.01 Å². The molecule has 0 radical (unpaired) electrons. The third-order valence-electron chi connectivity index (χ3n) is 3.67. The van der Waals surface area contributed by atoms with E-state index in [2.05, 4.69) is 16.9 Å². The topological polar surface area (TPSA) is 61.0 Å². The first kappa shape index (κ1) is 14.2. The van der Waals surface area contributed by atoms with E-state index in [4.69, 9.17) is 22.7 Å². The van der Waals surface area contributed by atoms with Crippen molar-refractivity contribution in [3.63, 3.8) is 0 Å². The Kier molecular flexibility index (Phi) is 4.69. The van der Waals surface area contributed by atoms with E-state index in [1.807, 2.05) is 6.92 Å². The molecule has 1 aliphatic rings. The number of aromatic nitrogens is 2. The van der Waals surface area contributed by atoms with Crippen molar-refractivity contribution in [2.75, 3.05) is 0 Å². The molecule has 0 saturated heterocycles. The second-order valence-electron chi connectivity index (χ2n) is 5.22. The summed E-state index contributed by atoms with van der Waals surface area (Å²) in [7, 11) is 0. The van der Waals surface area contributed by atoms with E-state index in [0.717, 1.165) is 24.5 Å². The summed E-state index contributed by atoms with van der Waals surface area (Å²) in [4.78, 5) is 8.87. The summed E-state index contributed by atoms with van der Waals surface area (Å²) in [5.41, 5.74) is 7.03. The molecule has 0 bridgehead atoms. The number of hydrogen-bond acceptors (Lipinski definition) is 4. The summed E-state index contributed by atoms with van der Waals surface area (Å²) in [5, 5.41) is 0. The summed E-state index contributed by atoms with van der Waals surface area (Å²) in [6.07, 6.45) is 6.14. The van der Waals surface area contributed by atoms with Crippen molar-refractivity contribution in [2.45, 2.75) is 52.1 Å². The second kappa shape index (κ2) is 6.28. The van der Waals surface area contributed by atoms with Crippen LogP contribution < -0.4 is 10.5 Å². The Morgan fingerprint density at radius 2 is 2.26 bits per heavy atom. The lowest BCUT2D eigenvalue weighted by Gasteiger charge is -2.28. The monoisotopic (exact) mass is 279 g/mol. The minimum atomic E-state index is 0.222. The van der Waals surface area contributed by atoms with Crippen LogP contribution in [0.25, 0.3) is 0 Å². The first-order chi connectivity index (χ1) is 9.08. The van der Waals surface area contributed by atoms with Crippen molar-refractivity contribution in [1.82, 2.24) is 9.97 Å². The van der Waals surface area contributed by atoms with Crippen LogP contribution in [0.5, 0.6) is 6.01 Å². The number of hydrogen-bond donors (Lipinski definition) is 1. The molecule has 4 nitrogen and oxygen atoms in total. The minimum absolute atomic E-state index is 0.222. The Morgan fingerprint density at radius 3 is 2.95 bits per heavy atom. The third-order valence-corrected chi connectivity index (χ3v) is 3.88. The molecule has 2 atom stereocenters. The maximum atomic E-state index is 5.92. The first-order valence-corrected chi connectivity index (χ1v) is 7.31. The van der Waals surface area contributed by atoms with Gasteiger partial charge in [0.25, 0.3) is 0 Å². The molecule has 1 aromatic rings. The summed E-state index contributed by atoms with van der Waals surface area (Å²) in [5.74, 6) is 0.763. The Morgan fingerprint density at radius 1 is 1.47 bits per heavy atom. The molecule has 1 heterocycles. The SMILES string of the molecule is CCC1CCCC(Oc2nc(C)cc(C(N)=S)n2)C1. The normalized spacial score (nSPS) is 23.1. The van der Waals surface area contributed by atoms with Crippen LogP contribution in [0.15, 0.2) is 6.07 Å². The van der Waals surface area contributed by atoms with Crippen LogP contribution in [0.4, 0.5) is 0 Å². The van der Waals surface area contributed by atoms with E-state index in [0.29, 0.717) is 11.7 Å². The Labute approximate surface area is 119 Å². The first-order valence-electron chi connectivity index (χ1n) is 6.90. The smallest absolute Gasteiger partial charge is 0.317 e. The quantitative estimate of drug-likeness (QED) is 0.859. The van der Waals surface area contributed by atoms with Crippen molar-refractivity contribution < 1.29 is 4.74 Å². The number of thiocarbonyl (C=S) groups is 1. The molecule has 1 aromatic heterocycles. The molecule has 1 saturated carbocycles. The molecule has 0 aliphatic heterocycles. The molecule has 0 aromatic carbocycles. The van der Waals surface area contributed by atoms with Crippen molar-refractivity contribution in [3.05, 3.63) is 17.5 Å². The summed E-state index contributed by atoms with van der Waals surface area (Å²) >= 11 is 4.96. The summed E-state index contributed by atoms with van der Waals surface area (Å²) in [6, 6.07) is 2.19. The number of nitrogens with zero attached hydrogens (tertiary/aromatic N) is 2. The van der Waals surface area contributed by atoms with Crippen LogP contribution in [-0.2, 0) is 0 Å². The maximum absolute atomic E-state index is 5.92. The molecule has 2 rings (SSSR count). The van der Waals surface area contributed by atoms with Gasteiger partial charge in [-0.2, -0.15) is 4.98 Å². The van der Waals surface area contributed by atoms with Gasteiger partial charge in [-0.15, -0.1) is 0 Å². The Balaban J connectivity index is 2.08. The molecule has 1 aliphatic carbocycles. The zero-order chi connectivity index (χ0) is 13.8. The highest BCUT2D eigenvalue weighted by Gasteiger charge is 2.23. The fraction of sp³-hybridized carbons (Fsp3) is 0.643. The van der Waals surface area contributed by atoms with E-state index in [1.54, 1.807) is 6.07 Å². The predicted octanol–water partition coefficient (Wildman–Crippen LogP) is 2.77. The van der Waals surface area contributed by atoms with Gasteiger partial charge in [-0.3, -0.25) is 0 Å². The molecule has 0 amide bonds. The zero-order valence-electron chi connectivity index (χ0n) is 11.6. The van der Waals surface area contributed by atoms with Crippen molar-refractivity contribution in [1.29, 1.82) is 0 Å². The molecule has 2 N–H and O–H groups in total. The molecule has 104 valence electrons. The van der Waals surface area contributed by atoms with Crippen molar-refractivity contribution in [2.24, 2.45) is 11.7 Å². The van der Waals surface area contributed by atoms with Gasteiger partial charge in [-0.05, 0) is 38.2 Å². The minimum Gasteiger partial charge on any atom is -0.460 e. The number of aryl methyl sites for hydroxylation is 1.